The highest BCUT2D eigenvalue weighted by Gasteiger charge is 2.11. The molecule has 0 saturated heterocycles. The molecule has 0 radical (unpaired) electrons. The fraction of sp³-hybridized carbons (Fsp3) is 0.417. The Hall–Kier alpha value is -1.26. The van der Waals surface area contributed by atoms with Gasteiger partial charge in [0, 0.05) is 13.0 Å². The van der Waals surface area contributed by atoms with E-state index in [0.29, 0.717) is 18.2 Å². The Balaban J connectivity index is 2.30. The lowest BCUT2D eigenvalue weighted by atomic mass is 10.3. The highest BCUT2D eigenvalue weighted by atomic mass is 35.5. The molecule has 1 rings (SSSR count). The minimum atomic E-state index is -0.212. The van der Waals surface area contributed by atoms with E-state index in [4.69, 9.17) is 21.1 Å². The van der Waals surface area contributed by atoms with Crippen LogP contribution in [-0.4, -0.2) is 38.2 Å². The van der Waals surface area contributed by atoms with Crippen molar-refractivity contribution < 1.29 is 14.3 Å². The number of hydrogen-bond acceptors (Lipinski definition) is 3. The quantitative estimate of drug-likeness (QED) is 0.752. The molecular weight excluding hydrogens is 242 g/mol. The molecule has 1 N–H and O–H groups in total. The van der Waals surface area contributed by atoms with Gasteiger partial charge in [0.1, 0.15) is 5.75 Å². The normalized spacial score (nSPS) is 11.9. The summed E-state index contributed by atoms with van der Waals surface area (Å²) in [7, 11) is 1.56. The largest absolute Gasteiger partial charge is 0.484 e. The zero-order valence-electron chi connectivity index (χ0n) is 9.69. The third-order valence-corrected chi connectivity index (χ3v) is 2.40. The molecule has 0 aliphatic heterocycles. The fourth-order valence-electron chi connectivity index (χ4n) is 1.26. The zero-order valence-corrected chi connectivity index (χ0v) is 10.4. The number of methoxy groups -OCH3 is 1. The summed E-state index contributed by atoms with van der Waals surface area (Å²) in [5, 5.41) is 2.72. The minimum absolute atomic E-state index is 0.0267. The number of nitrogens with one attached hydrogen (secondary N) is 1. The summed E-state index contributed by atoms with van der Waals surface area (Å²) in [6.07, 6.45) is 0. The lowest BCUT2D eigenvalue weighted by Crippen LogP contribution is -2.41. The molecule has 0 fully saturated rings. The van der Waals surface area contributed by atoms with E-state index in [1.54, 1.807) is 19.2 Å². The van der Waals surface area contributed by atoms with Crippen LogP contribution in [0, 0.1) is 0 Å². The monoisotopic (exact) mass is 257 g/mol. The van der Waals surface area contributed by atoms with E-state index in [1.807, 2.05) is 18.2 Å². The summed E-state index contributed by atoms with van der Waals surface area (Å²) >= 11 is 5.67. The molecule has 1 amide bonds. The standard InChI is InChI=1S/C12H16ClNO3/c1-16-8-10(7-13)14-12(15)9-17-11-5-3-2-4-6-11/h2-6,10H,7-9H2,1H3,(H,14,15). The van der Waals surface area contributed by atoms with E-state index in [2.05, 4.69) is 5.32 Å². The van der Waals surface area contributed by atoms with E-state index in [1.165, 1.54) is 0 Å². The average molecular weight is 258 g/mol. The number of rotatable bonds is 7. The predicted octanol–water partition coefficient (Wildman–Crippen LogP) is 1.44. The van der Waals surface area contributed by atoms with Gasteiger partial charge in [-0.2, -0.15) is 0 Å². The van der Waals surface area contributed by atoms with Crippen LogP contribution in [0.1, 0.15) is 0 Å². The number of hydrogen-bond donors (Lipinski definition) is 1. The van der Waals surface area contributed by atoms with Crippen LogP contribution in [0.15, 0.2) is 30.3 Å². The van der Waals surface area contributed by atoms with E-state index in [0.717, 1.165) is 0 Å². The van der Waals surface area contributed by atoms with Crippen molar-refractivity contribution in [3.05, 3.63) is 30.3 Å². The molecular formula is C12H16ClNO3. The SMILES string of the molecule is COCC(CCl)NC(=O)COc1ccccc1. The Morgan fingerprint density at radius 3 is 2.71 bits per heavy atom. The van der Waals surface area contributed by atoms with Crippen LogP contribution >= 0.6 is 11.6 Å². The molecule has 1 unspecified atom stereocenters. The van der Waals surface area contributed by atoms with Gasteiger partial charge in [0.2, 0.25) is 0 Å². The van der Waals surface area contributed by atoms with Crippen LogP contribution in [0.5, 0.6) is 5.75 Å². The van der Waals surface area contributed by atoms with Gasteiger partial charge in [0.25, 0.3) is 5.91 Å². The summed E-state index contributed by atoms with van der Waals surface area (Å²) < 4.78 is 10.2. The van der Waals surface area contributed by atoms with Gasteiger partial charge in [-0.3, -0.25) is 4.79 Å². The second kappa shape index (κ2) is 7.92. The third-order valence-electron chi connectivity index (χ3n) is 2.03. The zero-order chi connectivity index (χ0) is 12.5. The topological polar surface area (TPSA) is 47.6 Å². The van der Waals surface area contributed by atoms with Gasteiger partial charge in [-0.05, 0) is 12.1 Å². The number of halogens is 1. The Labute approximate surface area is 106 Å². The summed E-state index contributed by atoms with van der Waals surface area (Å²) in [6, 6.07) is 8.98. The smallest absolute Gasteiger partial charge is 0.258 e. The van der Waals surface area contributed by atoms with Gasteiger partial charge in [0.15, 0.2) is 6.61 Å². The molecule has 4 nitrogen and oxygen atoms in total. The van der Waals surface area contributed by atoms with Crippen molar-refractivity contribution in [3.8, 4) is 5.75 Å². The lowest BCUT2D eigenvalue weighted by Gasteiger charge is -2.15. The summed E-state index contributed by atoms with van der Waals surface area (Å²) in [4.78, 5) is 11.5. The Bertz CT molecular complexity index is 332. The van der Waals surface area contributed by atoms with Crippen molar-refractivity contribution in [2.24, 2.45) is 0 Å². The highest BCUT2D eigenvalue weighted by molar-refractivity contribution is 6.18. The number of para-hydroxylation sites is 1. The van der Waals surface area contributed by atoms with Crippen LogP contribution in [-0.2, 0) is 9.53 Å². The van der Waals surface area contributed by atoms with Crippen LogP contribution < -0.4 is 10.1 Å². The maximum absolute atomic E-state index is 11.5. The van der Waals surface area contributed by atoms with Gasteiger partial charge in [-0.15, -0.1) is 11.6 Å². The van der Waals surface area contributed by atoms with Gasteiger partial charge in [-0.1, -0.05) is 18.2 Å². The third kappa shape index (κ3) is 5.56. The van der Waals surface area contributed by atoms with Gasteiger partial charge in [-0.25, -0.2) is 0 Å². The Morgan fingerprint density at radius 1 is 1.41 bits per heavy atom. The number of carbonyl (C=O) groups is 1. The van der Waals surface area contributed by atoms with Crippen molar-refractivity contribution >= 4 is 17.5 Å². The van der Waals surface area contributed by atoms with Crippen LogP contribution in [0.4, 0.5) is 0 Å². The van der Waals surface area contributed by atoms with Crippen LogP contribution in [0.2, 0.25) is 0 Å². The maximum Gasteiger partial charge on any atom is 0.258 e. The summed E-state index contributed by atoms with van der Waals surface area (Å²) in [5.74, 6) is 0.763. The van der Waals surface area contributed by atoms with Crippen LogP contribution in [0.3, 0.4) is 0 Å². The van der Waals surface area contributed by atoms with Crippen molar-refractivity contribution in [1.82, 2.24) is 5.32 Å². The van der Waals surface area contributed by atoms with Crippen molar-refractivity contribution in [3.63, 3.8) is 0 Å². The van der Waals surface area contributed by atoms with E-state index in [9.17, 15) is 4.79 Å². The second-order valence-corrected chi connectivity index (χ2v) is 3.78. The molecule has 1 atom stereocenters. The van der Waals surface area contributed by atoms with Crippen LogP contribution in [0.25, 0.3) is 0 Å². The summed E-state index contributed by atoms with van der Waals surface area (Å²) in [5.41, 5.74) is 0. The molecule has 0 aromatic heterocycles. The van der Waals surface area contributed by atoms with Gasteiger partial charge < -0.3 is 14.8 Å². The molecule has 0 saturated carbocycles. The molecule has 17 heavy (non-hydrogen) atoms. The first-order valence-corrected chi connectivity index (χ1v) is 5.82. The Morgan fingerprint density at radius 2 is 2.12 bits per heavy atom. The number of benzene rings is 1. The molecule has 1 aromatic carbocycles. The predicted molar refractivity (Wildman–Crippen MR) is 66.5 cm³/mol. The number of alkyl halides is 1. The van der Waals surface area contributed by atoms with E-state index >= 15 is 0 Å². The molecule has 0 spiro atoms. The molecule has 5 heteroatoms. The first-order valence-electron chi connectivity index (χ1n) is 5.28. The van der Waals surface area contributed by atoms with Crippen molar-refractivity contribution in [2.75, 3.05) is 26.2 Å². The summed E-state index contributed by atoms with van der Waals surface area (Å²) in [6.45, 7) is 0.363. The molecule has 1 aromatic rings. The molecule has 0 aliphatic carbocycles. The molecule has 0 heterocycles. The van der Waals surface area contributed by atoms with Gasteiger partial charge >= 0.3 is 0 Å². The van der Waals surface area contributed by atoms with Gasteiger partial charge in [0.05, 0.1) is 12.6 Å². The minimum Gasteiger partial charge on any atom is -0.484 e. The molecule has 0 bridgehead atoms. The lowest BCUT2D eigenvalue weighted by molar-refractivity contribution is -0.124. The second-order valence-electron chi connectivity index (χ2n) is 3.48. The molecule has 0 aliphatic rings. The first-order chi connectivity index (χ1) is 8.26. The first kappa shape index (κ1) is 13.8. The fourth-order valence-corrected chi connectivity index (χ4v) is 1.43. The molecule has 94 valence electrons. The average Bonchev–Trinajstić information content (AvgIpc) is 2.37. The number of ether oxygens (including phenoxy) is 2. The van der Waals surface area contributed by atoms with Crippen molar-refractivity contribution in [1.29, 1.82) is 0 Å². The van der Waals surface area contributed by atoms with Crippen molar-refractivity contribution in [2.45, 2.75) is 6.04 Å². The number of carbonyl (C=O) groups excluding carboxylic acids is 1. The van der Waals surface area contributed by atoms with E-state index < -0.39 is 0 Å². The van der Waals surface area contributed by atoms with E-state index in [-0.39, 0.29) is 18.6 Å². The maximum atomic E-state index is 11.5. The highest BCUT2D eigenvalue weighted by Crippen LogP contribution is 2.07. The Kier molecular flexibility index (Phi) is 6.43. The number of amides is 1.